The molecule has 0 saturated carbocycles. The highest BCUT2D eigenvalue weighted by Crippen LogP contribution is 2.14. The van der Waals surface area contributed by atoms with Gasteiger partial charge in [0.25, 0.3) is 0 Å². The molecule has 0 aliphatic rings. The van der Waals surface area contributed by atoms with Gasteiger partial charge in [-0.1, -0.05) is 36.8 Å². The molecule has 1 atom stereocenters. The van der Waals surface area contributed by atoms with Gasteiger partial charge in [0.1, 0.15) is 0 Å². The molecule has 1 aromatic carbocycles. The van der Waals surface area contributed by atoms with Crippen molar-refractivity contribution in [3.8, 4) is 0 Å². The summed E-state index contributed by atoms with van der Waals surface area (Å²) in [5.74, 6) is 0. The van der Waals surface area contributed by atoms with E-state index in [1.54, 1.807) is 0 Å². The van der Waals surface area contributed by atoms with Gasteiger partial charge in [0.2, 0.25) is 0 Å². The van der Waals surface area contributed by atoms with Crippen LogP contribution in [-0.4, -0.2) is 24.0 Å². The lowest BCUT2D eigenvalue weighted by Crippen LogP contribution is -2.37. The van der Waals surface area contributed by atoms with Crippen LogP contribution in [0.15, 0.2) is 24.3 Å². The van der Waals surface area contributed by atoms with Crippen molar-refractivity contribution >= 4 is 0 Å². The molecule has 0 heterocycles. The number of hydrogen-bond acceptors (Lipinski definition) is 2. The van der Waals surface area contributed by atoms with E-state index in [2.05, 4.69) is 56.9 Å². The summed E-state index contributed by atoms with van der Waals surface area (Å²) in [6.07, 6.45) is 0. The van der Waals surface area contributed by atoms with E-state index in [4.69, 9.17) is 5.73 Å². The van der Waals surface area contributed by atoms with E-state index < -0.39 is 0 Å². The standard InChI is InChI=1S/C14H24N2/c1-5-16(11(2)3)10-14(15)13-8-6-7-12(4)9-13/h6-9,11,14H,5,10,15H2,1-4H3. The maximum absolute atomic E-state index is 6.24. The van der Waals surface area contributed by atoms with Crippen LogP contribution in [0.3, 0.4) is 0 Å². The molecule has 1 aromatic rings. The minimum absolute atomic E-state index is 0.113. The summed E-state index contributed by atoms with van der Waals surface area (Å²) in [6.45, 7) is 10.7. The van der Waals surface area contributed by atoms with Gasteiger partial charge in [-0.2, -0.15) is 0 Å². The van der Waals surface area contributed by atoms with Crippen LogP contribution in [0.4, 0.5) is 0 Å². The first kappa shape index (κ1) is 13.2. The van der Waals surface area contributed by atoms with Gasteiger partial charge >= 0.3 is 0 Å². The number of rotatable bonds is 5. The van der Waals surface area contributed by atoms with Crippen molar-refractivity contribution in [1.29, 1.82) is 0 Å². The smallest absolute Gasteiger partial charge is 0.0424 e. The number of aryl methyl sites for hydroxylation is 1. The highest BCUT2D eigenvalue weighted by Gasteiger charge is 2.13. The minimum atomic E-state index is 0.113. The normalized spacial score (nSPS) is 13.4. The molecule has 0 bridgehead atoms. The van der Waals surface area contributed by atoms with Crippen LogP contribution in [0.1, 0.15) is 37.9 Å². The Hall–Kier alpha value is -0.860. The number of likely N-dealkylation sites (N-methyl/N-ethyl adjacent to an activating group) is 1. The highest BCUT2D eigenvalue weighted by atomic mass is 15.1. The van der Waals surface area contributed by atoms with Gasteiger partial charge < -0.3 is 5.73 Å². The van der Waals surface area contributed by atoms with E-state index in [0.29, 0.717) is 6.04 Å². The molecule has 0 radical (unpaired) electrons. The Morgan fingerprint density at radius 1 is 1.31 bits per heavy atom. The van der Waals surface area contributed by atoms with Crippen molar-refractivity contribution < 1.29 is 0 Å². The quantitative estimate of drug-likeness (QED) is 0.826. The number of benzene rings is 1. The van der Waals surface area contributed by atoms with Gasteiger partial charge in [0, 0.05) is 18.6 Å². The Balaban J connectivity index is 2.67. The Bertz CT molecular complexity index is 320. The van der Waals surface area contributed by atoms with Crippen molar-refractivity contribution in [1.82, 2.24) is 4.90 Å². The summed E-state index contributed by atoms with van der Waals surface area (Å²) < 4.78 is 0. The topological polar surface area (TPSA) is 29.3 Å². The average molecular weight is 220 g/mol. The average Bonchev–Trinajstić information content (AvgIpc) is 2.25. The van der Waals surface area contributed by atoms with Gasteiger partial charge in [-0.15, -0.1) is 0 Å². The van der Waals surface area contributed by atoms with E-state index in [-0.39, 0.29) is 6.04 Å². The Labute approximate surface area is 99.5 Å². The van der Waals surface area contributed by atoms with Crippen LogP contribution < -0.4 is 5.73 Å². The van der Waals surface area contributed by atoms with Crippen LogP contribution in [0.2, 0.25) is 0 Å². The summed E-state index contributed by atoms with van der Waals surface area (Å²) in [4.78, 5) is 2.40. The summed E-state index contributed by atoms with van der Waals surface area (Å²) in [7, 11) is 0. The van der Waals surface area contributed by atoms with Gasteiger partial charge in [-0.05, 0) is 32.9 Å². The fourth-order valence-electron chi connectivity index (χ4n) is 1.96. The molecule has 0 aromatic heterocycles. The van der Waals surface area contributed by atoms with Gasteiger partial charge in [0.05, 0.1) is 0 Å². The predicted octanol–water partition coefficient (Wildman–Crippen LogP) is 2.73. The van der Waals surface area contributed by atoms with Crippen LogP contribution in [-0.2, 0) is 0 Å². The third-order valence-electron chi connectivity index (χ3n) is 3.04. The van der Waals surface area contributed by atoms with Crippen LogP contribution in [0, 0.1) is 6.92 Å². The second-order valence-electron chi connectivity index (χ2n) is 4.70. The first-order chi connectivity index (χ1) is 7.54. The zero-order valence-electron chi connectivity index (χ0n) is 10.9. The molecule has 1 rings (SSSR count). The van der Waals surface area contributed by atoms with Crippen LogP contribution >= 0.6 is 0 Å². The molecule has 1 unspecified atom stereocenters. The second kappa shape index (κ2) is 6.02. The monoisotopic (exact) mass is 220 g/mol. The molecule has 0 amide bonds. The van der Waals surface area contributed by atoms with E-state index in [1.807, 2.05) is 0 Å². The predicted molar refractivity (Wildman–Crippen MR) is 70.5 cm³/mol. The summed E-state index contributed by atoms with van der Waals surface area (Å²) in [5, 5.41) is 0. The summed E-state index contributed by atoms with van der Waals surface area (Å²) in [6, 6.07) is 9.15. The molecule has 2 heteroatoms. The lowest BCUT2D eigenvalue weighted by molar-refractivity contribution is 0.220. The number of nitrogens with two attached hydrogens (primary N) is 1. The van der Waals surface area contributed by atoms with Crippen molar-refractivity contribution in [3.05, 3.63) is 35.4 Å². The molecule has 90 valence electrons. The zero-order chi connectivity index (χ0) is 12.1. The number of hydrogen-bond donors (Lipinski definition) is 1. The van der Waals surface area contributed by atoms with Crippen molar-refractivity contribution in [2.24, 2.45) is 5.73 Å². The third-order valence-corrected chi connectivity index (χ3v) is 3.04. The summed E-state index contributed by atoms with van der Waals surface area (Å²) in [5.41, 5.74) is 8.75. The van der Waals surface area contributed by atoms with Gasteiger partial charge in [0.15, 0.2) is 0 Å². The highest BCUT2D eigenvalue weighted by molar-refractivity contribution is 5.25. The maximum Gasteiger partial charge on any atom is 0.0424 e. The molecular weight excluding hydrogens is 196 g/mol. The molecule has 0 fully saturated rings. The Morgan fingerprint density at radius 2 is 2.00 bits per heavy atom. The molecule has 0 saturated heterocycles. The molecule has 0 aliphatic heterocycles. The SMILES string of the molecule is CCN(CC(N)c1cccc(C)c1)C(C)C. The van der Waals surface area contributed by atoms with E-state index in [0.717, 1.165) is 13.1 Å². The van der Waals surface area contributed by atoms with E-state index in [1.165, 1.54) is 11.1 Å². The van der Waals surface area contributed by atoms with Crippen molar-refractivity contribution in [2.75, 3.05) is 13.1 Å². The largest absolute Gasteiger partial charge is 0.323 e. The fraction of sp³-hybridized carbons (Fsp3) is 0.571. The Morgan fingerprint density at radius 3 is 2.50 bits per heavy atom. The first-order valence-corrected chi connectivity index (χ1v) is 6.10. The van der Waals surface area contributed by atoms with Crippen molar-refractivity contribution in [2.45, 2.75) is 39.8 Å². The van der Waals surface area contributed by atoms with Crippen molar-refractivity contribution in [3.63, 3.8) is 0 Å². The van der Waals surface area contributed by atoms with Gasteiger partial charge in [-0.25, -0.2) is 0 Å². The second-order valence-corrected chi connectivity index (χ2v) is 4.70. The lowest BCUT2D eigenvalue weighted by atomic mass is 10.0. The molecule has 0 aliphatic carbocycles. The van der Waals surface area contributed by atoms with Crippen LogP contribution in [0.25, 0.3) is 0 Å². The minimum Gasteiger partial charge on any atom is -0.323 e. The maximum atomic E-state index is 6.24. The molecule has 16 heavy (non-hydrogen) atoms. The first-order valence-electron chi connectivity index (χ1n) is 6.10. The van der Waals surface area contributed by atoms with Crippen LogP contribution in [0.5, 0.6) is 0 Å². The fourth-order valence-corrected chi connectivity index (χ4v) is 1.96. The molecule has 2 N–H and O–H groups in total. The zero-order valence-corrected chi connectivity index (χ0v) is 10.9. The third kappa shape index (κ3) is 3.62. The molecule has 0 spiro atoms. The molecule has 2 nitrogen and oxygen atoms in total. The Kier molecular flexibility index (Phi) is 4.97. The lowest BCUT2D eigenvalue weighted by Gasteiger charge is -2.28. The van der Waals surface area contributed by atoms with Gasteiger partial charge in [-0.3, -0.25) is 4.90 Å². The van der Waals surface area contributed by atoms with E-state index >= 15 is 0 Å². The molecular formula is C14H24N2. The summed E-state index contributed by atoms with van der Waals surface area (Å²) >= 11 is 0. The van der Waals surface area contributed by atoms with E-state index in [9.17, 15) is 0 Å². The number of nitrogens with zero attached hydrogens (tertiary/aromatic N) is 1.